The van der Waals surface area contributed by atoms with Crippen LogP contribution in [0.15, 0.2) is 77.7 Å². The van der Waals surface area contributed by atoms with Gasteiger partial charge in [0, 0.05) is 0 Å². The van der Waals surface area contributed by atoms with E-state index in [1.807, 2.05) is 0 Å². The summed E-state index contributed by atoms with van der Waals surface area (Å²) in [6, 6.07) is 17.4. The number of nitrogens with zero attached hydrogens (tertiary/aromatic N) is 1. The van der Waals surface area contributed by atoms with Crippen molar-refractivity contribution < 1.29 is 22.0 Å². The molecule has 0 unspecified atom stereocenters. The molecule has 0 bridgehead atoms. The number of anilines is 2. The van der Waals surface area contributed by atoms with E-state index < -0.39 is 39.8 Å². The SMILES string of the molecule is Cc1ccccc1N(CC(=O)Nc1c(F)cccc1F)S(=O)(=O)c1ccccc1. The molecule has 150 valence electrons. The van der Waals surface area contributed by atoms with Gasteiger partial charge in [-0.3, -0.25) is 9.10 Å². The Hall–Kier alpha value is -3.26. The molecule has 0 fully saturated rings. The van der Waals surface area contributed by atoms with Gasteiger partial charge in [0.15, 0.2) is 0 Å². The third kappa shape index (κ3) is 4.43. The van der Waals surface area contributed by atoms with Crippen LogP contribution in [0.4, 0.5) is 20.2 Å². The number of hydrogen-bond donors (Lipinski definition) is 1. The van der Waals surface area contributed by atoms with Crippen LogP contribution in [0.5, 0.6) is 0 Å². The van der Waals surface area contributed by atoms with Crippen LogP contribution in [0.3, 0.4) is 0 Å². The molecule has 5 nitrogen and oxygen atoms in total. The molecular formula is C21H18F2N2O3S. The van der Waals surface area contributed by atoms with Gasteiger partial charge in [0.1, 0.15) is 23.9 Å². The maximum Gasteiger partial charge on any atom is 0.264 e. The van der Waals surface area contributed by atoms with Gasteiger partial charge in [-0.05, 0) is 42.8 Å². The molecule has 0 saturated heterocycles. The van der Waals surface area contributed by atoms with Gasteiger partial charge in [0.2, 0.25) is 5.91 Å². The number of benzene rings is 3. The second kappa shape index (κ2) is 8.40. The zero-order chi connectivity index (χ0) is 21.0. The largest absolute Gasteiger partial charge is 0.320 e. The number of rotatable bonds is 6. The molecule has 0 aliphatic carbocycles. The Morgan fingerprint density at radius 3 is 2.10 bits per heavy atom. The van der Waals surface area contributed by atoms with Gasteiger partial charge in [-0.15, -0.1) is 0 Å². The van der Waals surface area contributed by atoms with E-state index in [0.717, 1.165) is 16.4 Å². The molecular weight excluding hydrogens is 398 g/mol. The summed E-state index contributed by atoms with van der Waals surface area (Å²) in [5.41, 5.74) is 0.289. The highest BCUT2D eigenvalue weighted by Crippen LogP contribution is 2.27. The van der Waals surface area contributed by atoms with Crippen LogP contribution in [0.2, 0.25) is 0 Å². The first-order valence-corrected chi connectivity index (χ1v) is 10.1. The fraction of sp³-hybridized carbons (Fsp3) is 0.0952. The quantitative estimate of drug-likeness (QED) is 0.658. The summed E-state index contributed by atoms with van der Waals surface area (Å²) in [5.74, 6) is -2.78. The van der Waals surface area contributed by atoms with Gasteiger partial charge in [-0.2, -0.15) is 0 Å². The van der Waals surface area contributed by atoms with Crippen LogP contribution in [0.25, 0.3) is 0 Å². The lowest BCUT2D eigenvalue weighted by Crippen LogP contribution is -2.38. The second-order valence-corrected chi connectivity index (χ2v) is 8.12. The summed E-state index contributed by atoms with van der Waals surface area (Å²) < 4.78 is 55.0. The maximum absolute atomic E-state index is 13.8. The van der Waals surface area contributed by atoms with Crippen LogP contribution in [0, 0.1) is 18.6 Å². The lowest BCUT2D eigenvalue weighted by atomic mass is 10.2. The number of halogens is 2. The van der Waals surface area contributed by atoms with E-state index >= 15 is 0 Å². The lowest BCUT2D eigenvalue weighted by Gasteiger charge is -2.25. The van der Waals surface area contributed by atoms with Crippen molar-refractivity contribution in [2.45, 2.75) is 11.8 Å². The monoisotopic (exact) mass is 416 g/mol. The first kappa shape index (κ1) is 20.5. The van der Waals surface area contributed by atoms with Crippen molar-refractivity contribution in [2.24, 2.45) is 0 Å². The molecule has 29 heavy (non-hydrogen) atoms. The van der Waals surface area contributed by atoms with Crippen LogP contribution in [-0.4, -0.2) is 20.9 Å². The minimum absolute atomic E-state index is 0.00637. The minimum atomic E-state index is -4.10. The molecule has 0 heterocycles. The standard InChI is InChI=1S/C21H18F2N2O3S/c1-15-8-5-6-13-19(15)25(29(27,28)16-9-3-2-4-10-16)14-20(26)24-21-17(22)11-7-12-18(21)23/h2-13H,14H2,1H3,(H,24,26). The van der Waals surface area contributed by atoms with Gasteiger partial charge in [0.05, 0.1) is 10.6 Å². The zero-order valence-electron chi connectivity index (χ0n) is 15.5. The predicted molar refractivity (Wildman–Crippen MR) is 107 cm³/mol. The van der Waals surface area contributed by atoms with E-state index in [4.69, 9.17) is 0 Å². The van der Waals surface area contributed by atoms with Crippen molar-refractivity contribution in [3.8, 4) is 0 Å². The highest BCUT2D eigenvalue weighted by atomic mass is 32.2. The summed E-state index contributed by atoms with van der Waals surface area (Å²) in [6.07, 6.45) is 0. The smallest absolute Gasteiger partial charge is 0.264 e. The third-order valence-corrected chi connectivity index (χ3v) is 6.00. The second-order valence-electron chi connectivity index (χ2n) is 6.26. The summed E-state index contributed by atoms with van der Waals surface area (Å²) in [6.45, 7) is 1.05. The third-order valence-electron chi connectivity index (χ3n) is 4.23. The van der Waals surface area contributed by atoms with E-state index in [1.165, 1.54) is 18.2 Å². The van der Waals surface area contributed by atoms with Crippen molar-refractivity contribution in [1.29, 1.82) is 0 Å². The van der Waals surface area contributed by atoms with Crippen LogP contribution >= 0.6 is 0 Å². The first-order valence-electron chi connectivity index (χ1n) is 8.68. The number of sulfonamides is 1. The maximum atomic E-state index is 13.8. The molecule has 1 amide bonds. The molecule has 0 saturated carbocycles. The number of nitrogens with one attached hydrogen (secondary N) is 1. The molecule has 0 radical (unpaired) electrons. The summed E-state index contributed by atoms with van der Waals surface area (Å²) >= 11 is 0. The lowest BCUT2D eigenvalue weighted by molar-refractivity contribution is -0.114. The van der Waals surface area contributed by atoms with Gasteiger partial charge in [0.25, 0.3) is 10.0 Å². The molecule has 0 aromatic heterocycles. The zero-order valence-corrected chi connectivity index (χ0v) is 16.3. The van der Waals surface area contributed by atoms with Gasteiger partial charge < -0.3 is 5.32 Å². The average molecular weight is 416 g/mol. The Morgan fingerprint density at radius 1 is 0.897 bits per heavy atom. The summed E-state index contributed by atoms with van der Waals surface area (Å²) in [4.78, 5) is 12.5. The van der Waals surface area contributed by atoms with Crippen molar-refractivity contribution in [2.75, 3.05) is 16.2 Å². The van der Waals surface area contributed by atoms with Crippen LogP contribution in [-0.2, 0) is 14.8 Å². The average Bonchev–Trinajstić information content (AvgIpc) is 2.70. The Morgan fingerprint density at radius 2 is 1.48 bits per heavy atom. The highest BCUT2D eigenvalue weighted by Gasteiger charge is 2.28. The molecule has 0 atom stereocenters. The van der Waals surface area contributed by atoms with E-state index in [2.05, 4.69) is 5.32 Å². The number of hydrogen-bond acceptors (Lipinski definition) is 3. The normalized spacial score (nSPS) is 11.1. The van der Waals surface area contributed by atoms with E-state index in [0.29, 0.717) is 11.3 Å². The molecule has 0 aliphatic heterocycles. The Balaban J connectivity index is 1.98. The molecule has 3 aromatic carbocycles. The molecule has 0 spiro atoms. The number of amides is 1. The first-order chi connectivity index (χ1) is 13.8. The van der Waals surface area contributed by atoms with E-state index in [-0.39, 0.29) is 4.90 Å². The summed E-state index contributed by atoms with van der Waals surface area (Å²) in [7, 11) is -4.10. The number of carbonyl (C=O) groups is 1. The van der Waals surface area contributed by atoms with Crippen LogP contribution in [0.1, 0.15) is 5.56 Å². The highest BCUT2D eigenvalue weighted by molar-refractivity contribution is 7.92. The minimum Gasteiger partial charge on any atom is -0.320 e. The predicted octanol–water partition coefficient (Wildman–Crippen LogP) is 4.11. The number of carbonyl (C=O) groups excluding carboxylic acids is 1. The number of aryl methyl sites for hydroxylation is 1. The fourth-order valence-electron chi connectivity index (χ4n) is 2.79. The van der Waals surface area contributed by atoms with E-state index in [9.17, 15) is 22.0 Å². The van der Waals surface area contributed by atoms with Gasteiger partial charge in [-0.25, -0.2) is 17.2 Å². The fourth-order valence-corrected chi connectivity index (χ4v) is 4.30. The Bertz CT molecular complexity index is 1120. The van der Waals surface area contributed by atoms with Crippen molar-refractivity contribution in [3.05, 3.63) is 90.0 Å². The molecule has 3 rings (SSSR count). The van der Waals surface area contributed by atoms with E-state index in [1.54, 1.807) is 49.4 Å². The topological polar surface area (TPSA) is 66.5 Å². The number of para-hydroxylation sites is 2. The van der Waals surface area contributed by atoms with Crippen molar-refractivity contribution >= 4 is 27.3 Å². The van der Waals surface area contributed by atoms with Crippen LogP contribution < -0.4 is 9.62 Å². The van der Waals surface area contributed by atoms with Gasteiger partial charge in [-0.1, -0.05) is 42.5 Å². The molecule has 0 aliphatic rings. The Labute approximate surface area is 167 Å². The van der Waals surface area contributed by atoms with Crippen molar-refractivity contribution in [1.82, 2.24) is 0 Å². The molecule has 1 N–H and O–H groups in total. The Kier molecular flexibility index (Phi) is 5.93. The van der Waals surface area contributed by atoms with Gasteiger partial charge >= 0.3 is 0 Å². The van der Waals surface area contributed by atoms with Crippen molar-refractivity contribution in [3.63, 3.8) is 0 Å². The molecule has 3 aromatic rings. The summed E-state index contributed by atoms with van der Waals surface area (Å²) in [5, 5.41) is 2.13. The molecule has 8 heteroatoms.